The SMILES string of the molecule is COC(=O)c1ccc(C(=O)c2cc(C)cc3c(C)ccnc23)cc1. The summed E-state index contributed by atoms with van der Waals surface area (Å²) in [5, 5.41) is 0.979. The highest BCUT2D eigenvalue weighted by atomic mass is 16.5. The van der Waals surface area contributed by atoms with Crippen molar-refractivity contribution in [3.63, 3.8) is 0 Å². The van der Waals surface area contributed by atoms with E-state index in [1.807, 2.05) is 32.0 Å². The minimum absolute atomic E-state index is 0.113. The van der Waals surface area contributed by atoms with E-state index >= 15 is 0 Å². The van der Waals surface area contributed by atoms with Crippen molar-refractivity contribution in [2.24, 2.45) is 0 Å². The van der Waals surface area contributed by atoms with Gasteiger partial charge in [0.05, 0.1) is 18.2 Å². The number of esters is 1. The maximum absolute atomic E-state index is 12.9. The molecule has 0 saturated heterocycles. The van der Waals surface area contributed by atoms with Gasteiger partial charge in [-0.1, -0.05) is 12.1 Å². The predicted molar refractivity (Wildman–Crippen MR) is 92.4 cm³/mol. The molecule has 3 rings (SSSR count). The molecule has 0 unspecified atom stereocenters. The van der Waals surface area contributed by atoms with Gasteiger partial charge in [0.25, 0.3) is 0 Å². The Bertz CT molecular complexity index is 943. The molecule has 3 aromatic rings. The Kier molecular flexibility index (Phi) is 4.13. The molecule has 0 amide bonds. The van der Waals surface area contributed by atoms with Gasteiger partial charge in [0.15, 0.2) is 5.78 Å². The number of fused-ring (bicyclic) bond motifs is 1. The molecule has 0 spiro atoms. The highest BCUT2D eigenvalue weighted by Crippen LogP contribution is 2.24. The third-order valence-electron chi connectivity index (χ3n) is 4.02. The maximum atomic E-state index is 12.9. The van der Waals surface area contributed by atoms with E-state index in [0.717, 1.165) is 16.5 Å². The van der Waals surface area contributed by atoms with Gasteiger partial charge < -0.3 is 4.74 Å². The van der Waals surface area contributed by atoms with Gasteiger partial charge in [-0.15, -0.1) is 0 Å². The second kappa shape index (κ2) is 6.24. The molecule has 120 valence electrons. The molecule has 0 N–H and O–H groups in total. The van der Waals surface area contributed by atoms with Gasteiger partial charge >= 0.3 is 5.97 Å². The van der Waals surface area contributed by atoms with E-state index < -0.39 is 5.97 Å². The number of ketones is 1. The van der Waals surface area contributed by atoms with Gasteiger partial charge in [-0.2, -0.15) is 0 Å². The lowest BCUT2D eigenvalue weighted by atomic mass is 9.96. The third kappa shape index (κ3) is 2.78. The average molecular weight is 319 g/mol. The Morgan fingerprint density at radius 1 is 0.958 bits per heavy atom. The molecule has 4 nitrogen and oxygen atoms in total. The quantitative estimate of drug-likeness (QED) is 0.543. The van der Waals surface area contributed by atoms with Crippen LogP contribution in [0.1, 0.15) is 37.4 Å². The minimum atomic E-state index is -0.424. The fraction of sp³-hybridized carbons (Fsp3) is 0.150. The number of aryl methyl sites for hydroxylation is 2. The number of nitrogens with zero attached hydrogens (tertiary/aromatic N) is 1. The maximum Gasteiger partial charge on any atom is 0.337 e. The molecular formula is C20H17NO3. The van der Waals surface area contributed by atoms with E-state index in [9.17, 15) is 9.59 Å². The van der Waals surface area contributed by atoms with Crippen molar-refractivity contribution < 1.29 is 14.3 Å². The smallest absolute Gasteiger partial charge is 0.337 e. The Labute approximate surface area is 140 Å². The number of ether oxygens (including phenoxy) is 1. The van der Waals surface area contributed by atoms with Crippen molar-refractivity contribution in [2.75, 3.05) is 7.11 Å². The van der Waals surface area contributed by atoms with Gasteiger partial charge in [0.1, 0.15) is 0 Å². The molecule has 24 heavy (non-hydrogen) atoms. The van der Waals surface area contributed by atoms with Gasteiger partial charge in [0.2, 0.25) is 0 Å². The fourth-order valence-electron chi connectivity index (χ4n) is 2.74. The Morgan fingerprint density at radius 3 is 2.29 bits per heavy atom. The van der Waals surface area contributed by atoms with Gasteiger partial charge in [0, 0.05) is 22.7 Å². The topological polar surface area (TPSA) is 56.3 Å². The van der Waals surface area contributed by atoms with Gasteiger partial charge in [-0.05, 0) is 55.3 Å². The third-order valence-corrected chi connectivity index (χ3v) is 4.02. The van der Waals surface area contributed by atoms with E-state index in [1.165, 1.54) is 7.11 Å². The summed E-state index contributed by atoms with van der Waals surface area (Å²) in [6.07, 6.45) is 1.71. The van der Waals surface area contributed by atoms with Crippen LogP contribution in [0, 0.1) is 13.8 Å². The van der Waals surface area contributed by atoms with Crippen LogP contribution in [0.25, 0.3) is 10.9 Å². The Morgan fingerprint density at radius 2 is 1.62 bits per heavy atom. The Balaban J connectivity index is 2.09. The molecule has 0 fully saturated rings. The van der Waals surface area contributed by atoms with E-state index in [1.54, 1.807) is 30.5 Å². The van der Waals surface area contributed by atoms with E-state index in [-0.39, 0.29) is 5.78 Å². The Hall–Kier alpha value is -3.01. The van der Waals surface area contributed by atoms with Crippen LogP contribution in [-0.4, -0.2) is 23.8 Å². The van der Waals surface area contributed by atoms with Crippen LogP contribution >= 0.6 is 0 Å². The van der Waals surface area contributed by atoms with Gasteiger partial charge in [-0.3, -0.25) is 9.78 Å². The number of benzene rings is 2. The number of methoxy groups -OCH3 is 1. The zero-order valence-electron chi connectivity index (χ0n) is 13.8. The average Bonchev–Trinajstić information content (AvgIpc) is 2.61. The fourth-order valence-corrected chi connectivity index (χ4v) is 2.74. The summed E-state index contributed by atoms with van der Waals surface area (Å²) in [6.45, 7) is 3.96. The van der Waals surface area contributed by atoms with E-state index in [0.29, 0.717) is 22.2 Å². The van der Waals surface area contributed by atoms with Crippen LogP contribution in [0.5, 0.6) is 0 Å². The van der Waals surface area contributed by atoms with Crippen LogP contribution in [0.15, 0.2) is 48.7 Å². The first-order chi connectivity index (χ1) is 11.5. The molecule has 0 aliphatic heterocycles. The molecule has 2 aromatic carbocycles. The molecule has 0 aliphatic carbocycles. The number of hydrogen-bond donors (Lipinski definition) is 0. The summed E-state index contributed by atoms with van der Waals surface area (Å²) < 4.78 is 4.67. The van der Waals surface area contributed by atoms with Crippen molar-refractivity contribution in [2.45, 2.75) is 13.8 Å². The molecular weight excluding hydrogens is 302 g/mol. The lowest BCUT2D eigenvalue weighted by Crippen LogP contribution is -2.06. The monoisotopic (exact) mass is 319 g/mol. The highest BCUT2D eigenvalue weighted by Gasteiger charge is 2.16. The number of pyridine rings is 1. The first-order valence-corrected chi connectivity index (χ1v) is 7.60. The minimum Gasteiger partial charge on any atom is -0.465 e. The number of aromatic nitrogens is 1. The molecule has 1 heterocycles. The standard InChI is InChI=1S/C20H17NO3/c1-12-10-16-13(2)8-9-21-18(16)17(11-12)19(22)14-4-6-15(7-5-14)20(23)24-3/h4-11H,1-3H3. The van der Waals surface area contributed by atoms with Crippen LogP contribution in [0.2, 0.25) is 0 Å². The number of hydrogen-bond acceptors (Lipinski definition) is 4. The molecule has 4 heteroatoms. The normalized spacial score (nSPS) is 10.6. The molecule has 0 saturated carbocycles. The summed E-state index contributed by atoms with van der Waals surface area (Å²) in [5.74, 6) is -0.537. The summed E-state index contributed by atoms with van der Waals surface area (Å²) >= 11 is 0. The second-order valence-corrected chi connectivity index (χ2v) is 5.73. The molecule has 0 aliphatic rings. The predicted octanol–water partition coefficient (Wildman–Crippen LogP) is 3.87. The number of rotatable bonds is 3. The van der Waals surface area contributed by atoms with Crippen LogP contribution in [-0.2, 0) is 4.74 Å². The van der Waals surface area contributed by atoms with Crippen molar-refractivity contribution in [3.05, 3.63) is 76.5 Å². The van der Waals surface area contributed by atoms with Crippen molar-refractivity contribution in [1.29, 1.82) is 0 Å². The molecule has 0 atom stereocenters. The van der Waals surface area contributed by atoms with Crippen LogP contribution < -0.4 is 0 Å². The first kappa shape index (κ1) is 15.9. The van der Waals surface area contributed by atoms with Crippen LogP contribution in [0.3, 0.4) is 0 Å². The van der Waals surface area contributed by atoms with Crippen molar-refractivity contribution in [1.82, 2.24) is 4.98 Å². The summed E-state index contributed by atoms with van der Waals surface area (Å²) in [4.78, 5) is 28.8. The first-order valence-electron chi connectivity index (χ1n) is 7.60. The number of carbonyl (C=O) groups excluding carboxylic acids is 2. The molecule has 1 aromatic heterocycles. The van der Waals surface area contributed by atoms with Crippen LogP contribution in [0.4, 0.5) is 0 Å². The summed E-state index contributed by atoms with van der Waals surface area (Å²) in [6, 6.07) is 12.3. The molecule has 0 radical (unpaired) electrons. The van der Waals surface area contributed by atoms with E-state index in [4.69, 9.17) is 0 Å². The summed E-state index contributed by atoms with van der Waals surface area (Å²) in [7, 11) is 1.33. The van der Waals surface area contributed by atoms with Gasteiger partial charge in [-0.25, -0.2) is 4.79 Å². The molecule has 0 bridgehead atoms. The van der Waals surface area contributed by atoms with Crippen molar-refractivity contribution >= 4 is 22.7 Å². The van der Waals surface area contributed by atoms with Crippen molar-refractivity contribution in [3.8, 4) is 0 Å². The largest absolute Gasteiger partial charge is 0.465 e. The zero-order chi connectivity index (χ0) is 17.3. The lowest BCUT2D eigenvalue weighted by molar-refractivity contribution is 0.0600. The lowest BCUT2D eigenvalue weighted by Gasteiger charge is -2.09. The zero-order valence-corrected chi connectivity index (χ0v) is 13.8. The highest BCUT2D eigenvalue weighted by molar-refractivity contribution is 6.16. The summed E-state index contributed by atoms with van der Waals surface area (Å²) in [5.41, 5.74) is 4.28. The van der Waals surface area contributed by atoms with E-state index in [2.05, 4.69) is 9.72 Å². The number of carbonyl (C=O) groups is 2. The second-order valence-electron chi connectivity index (χ2n) is 5.73.